The first-order chi connectivity index (χ1) is 10.6. The second kappa shape index (κ2) is 7.61. The van der Waals surface area contributed by atoms with E-state index in [2.05, 4.69) is 10.3 Å². The van der Waals surface area contributed by atoms with Crippen LogP contribution in [0, 0.1) is 0 Å². The number of rotatable bonds is 7. The molecule has 6 heteroatoms. The van der Waals surface area contributed by atoms with Gasteiger partial charge in [-0.25, -0.2) is 4.98 Å². The normalized spacial score (nSPS) is 12.0. The molecule has 0 bridgehead atoms. The zero-order chi connectivity index (χ0) is 15.9. The third-order valence-corrected chi connectivity index (χ3v) is 3.25. The Hall–Kier alpha value is -2.34. The van der Waals surface area contributed by atoms with Crippen molar-refractivity contribution >= 4 is 11.6 Å². The number of carbonyl (C=O) groups excluding carboxylic acids is 1. The van der Waals surface area contributed by atoms with Crippen molar-refractivity contribution < 1.29 is 13.9 Å². The fourth-order valence-corrected chi connectivity index (χ4v) is 2.13. The lowest BCUT2D eigenvalue weighted by molar-refractivity contribution is -0.116. The second-order valence-corrected chi connectivity index (χ2v) is 5.20. The van der Waals surface area contributed by atoms with Gasteiger partial charge in [-0.2, -0.15) is 0 Å². The molecule has 118 valence electrons. The molecule has 1 aromatic carbocycles. The van der Waals surface area contributed by atoms with E-state index in [4.69, 9.17) is 14.9 Å². The quantitative estimate of drug-likeness (QED) is 0.820. The molecule has 1 amide bonds. The van der Waals surface area contributed by atoms with Gasteiger partial charge in [0.25, 0.3) is 0 Å². The molecule has 6 nitrogen and oxygen atoms in total. The highest BCUT2D eigenvalue weighted by molar-refractivity contribution is 5.91. The summed E-state index contributed by atoms with van der Waals surface area (Å²) in [5.41, 5.74) is 7.14. The average Bonchev–Trinajstić information content (AvgIpc) is 3.00. The van der Waals surface area contributed by atoms with Crippen molar-refractivity contribution in [1.29, 1.82) is 0 Å². The summed E-state index contributed by atoms with van der Waals surface area (Å²) in [6.07, 6.45) is 5.04. The lowest BCUT2D eigenvalue weighted by Gasteiger charge is -2.10. The number of ether oxygens (including phenoxy) is 1. The molecule has 1 atom stereocenters. The fourth-order valence-electron chi connectivity index (χ4n) is 2.13. The number of carbonyl (C=O) groups is 1. The standard InChI is InChI=1S/C16H21N3O3/c1-11(17)4-3-5-16(20)19-12-6-7-13(14(8-12)21-2)15-9-18-10-22-15/h6-11H,3-5,17H2,1-2H3,(H,19,20). The van der Waals surface area contributed by atoms with Crippen LogP contribution in [0.25, 0.3) is 11.3 Å². The largest absolute Gasteiger partial charge is 0.496 e. The van der Waals surface area contributed by atoms with E-state index in [1.54, 1.807) is 19.4 Å². The minimum atomic E-state index is -0.0323. The maximum absolute atomic E-state index is 11.9. The smallest absolute Gasteiger partial charge is 0.224 e. The molecule has 0 fully saturated rings. The zero-order valence-electron chi connectivity index (χ0n) is 12.8. The van der Waals surface area contributed by atoms with E-state index in [-0.39, 0.29) is 11.9 Å². The molecule has 0 aliphatic heterocycles. The van der Waals surface area contributed by atoms with E-state index in [1.165, 1.54) is 6.39 Å². The number of oxazole rings is 1. The first kappa shape index (κ1) is 16.0. The zero-order valence-corrected chi connectivity index (χ0v) is 12.8. The molecule has 0 aliphatic carbocycles. The van der Waals surface area contributed by atoms with Gasteiger partial charge in [-0.15, -0.1) is 0 Å². The molecular formula is C16H21N3O3. The van der Waals surface area contributed by atoms with Crippen LogP contribution < -0.4 is 15.8 Å². The first-order valence-corrected chi connectivity index (χ1v) is 7.22. The van der Waals surface area contributed by atoms with Gasteiger partial charge >= 0.3 is 0 Å². The molecule has 1 aromatic heterocycles. The molecule has 1 unspecified atom stereocenters. The summed E-state index contributed by atoms with van der Waals surface area (Å²) in [4.78, 5) is 15.8. The molecule has 3 N–H and O–H groups in total. The Morgan fingerprint density at radius 1 is 1.50 bits per heavy atom. The molecule has 0 spiro atoms. The summed E-state index contributed by atoms with van der Waals surface area (Å²) in [5, 5.41) is 2.86. The average molecular weight is 303 g/mol. The summed E-state index contributed by atoms with van der Waals surface area (Å²) < 4.78 is 10.6. The summed E-state index contributed by atoms with van der Waals surface area (Å²) in [5.74, 6) is 1.20. The van der Waals surface area contributed by atoms with E-state index in [0.717, 1.165) is 18.4 Å². The Morgan fingerprint density at radius 2 is 2.32 bits per heavy atom. The highest BCUT2D eigenvalue weighted by Gasteiger charge is 2.11. The van der Waals surface area contributed by atoms with Gasteiger partial charge in [0.2, 0.25) is 5.91 Å². The van der Waals surface area contributed by atoms with E-state index in [9.17, 15) is 4.79 Å². The summed E-state index contributed by atoms with van der Waals surface area (Å²) in [6, 6.07) is 5.52. The van der Waals surface area contributed by atoms with E-state index < -0.39 is 0 Å². The summed E-state index contributed by atoms with van der Waals surface area (Å²) in [6.45, 7) is 1.94. The monoisotopic (exact) mass is 303 g/mol. The van der Waals surface area contributed by atoms with Gasteiger partial charge in [0.15, 0.2) is 12.2 Å². The number of hydrogen-bond acceptors (Lipinski definition) is 5. The van der Waals surface area contributed by atoms with Gasteiger partial charge < -0.3 is 20.2 Å². The van der Waals surface area contributed by atoms with Crippen molar-refractivity contribution in [2.24, 2.45) is 5.73 Å². The van der Waals surface area contributed by atoms with Gasteiger partial charge in [-0.3, -0.25) is 4.79 Å². The number of nitrogens with one attached hydrogen (secondary N) is 1. The van der Waals surface area contributed by atoms with E-state index in [1.807, 2.05) is 19.1 Å². The van der Waals surface area contributed by atoms with Gasteiger partial charge in [-0.1, -0.05) is 0 Å². The van der Waals surface area contributed by atoms with Crippen LogP contribution in [0.3, 0.4) is 0 Å². The Morgan fingerprint density at radius 3 is 2.95 bits per heavy atom. The Balaban J connectivity index is 2.02. The SMILES string of the molecule is COc1cc(NC(=O)CCCC(C)N)ccc1-c1cnco1. The minimum Gasteiger partial charge on any atom is -0.496 e. The number of hydrogen-bond donors (Lipinski definition) is 2. The predicted molar refractivity (Wildman–Crippen MR) is 84.6 cm³/mol. The molecule has 0 aliphatic rings. The van der Waals surface area contributed by atoms with Crippen LogP contribution in [0.2, 0.25) is 0 Å². The Kier molecular flexibility index (Phi) is 5.55. The van der Waals surface area contributed by atoms with Crippen LogP contribution in [0.1, 0.15) is 26.2 Å². The van der Waals surface area contributed by atoms with Crippen molar-refractivity contribution in [2.75, 3.05) is 12.4 Å². The third kappa shape index (κ3) is 4.33. The van der Waals surface area contributed by atoms with Crippen molar-refractivity contribution in [3.8, 4) is 17.1 Å². The number of nitrogens with two attached hydrogens (primary N) is 1. The maximum Gasteiger partial charge on any atom is 0.224 e. The lowest BCUT2D eigenvalue weighted by atomic mass is 10.1. The highest BCUT2D eigenvalue weighted by atomic mass is 16.5. The Bertz CT molecular complexity index is 609. The number of aromatic nitrogens is 1. The fraction of sp³-hybridized carbons (Fsp3) is 0.375. The topological polar surface area (TPSA) is 90.4 Å². The first-order valence-electron chi connectivity index (χ1n) is 7.22. The third-order valence-electron chi connectivity index (χ3n) is 3.25. The number of methoxy groups -OCH3 is 1. The number of amides is 1. The van der Waals surface area contributed by atoms with Crippen LogP contribution >= 0.6 is 0 Å². The number of benzene rings is 1. The Labute approximate surface area is 129 Å². The number of anilines is 1. The number of nitrogens with zero attached hydrogens (tertiary/aromatic N) is 1. The van der Waals surface area contributed by atoms with Crippen LogP contribution in [-0.2, 0) is 4.79 Å². The molecule has 0 radical (unpaired) electrons. The van der Waals surface area contributed by atoms with Crippen LogP contribution in [0.4, 0.5) is 5.69 Å². The molecule has 2 aromatic rings. The maximum atomic E-state index is 11.9. The molecule has 0 saturated heterocycles. The molecule has 1 heterocycles. The van der Waals surface area contributed by atoms with Crippen molar-refractivity contribution in [1.82, 2.24) is 4.98 Å². The van der Waals surface area contributed by atoms with Gasteiger partial charge in [0.05, 0.1) is 18.9 Å². The highest BCUT2D eigenvalue weighted by Crippen LogP contribution is 2.32. The molecular weight excluding hydrogens is 282 g/mol. The van der Waals surface area contributed by atoms with Crippen LogP contribution in [-0.4, -0.2) is 24.0 Å². The summed E-state index contributed by atoms with van der Waals surface area (Å²) >= 11 is 0. The van der Waals surface area contributed by atoms with Crippen molar-refractivity contribution in [2.45, 2.75) is 32.2 Å². The van der Waals surface area contributed by atoms with Crippen molar-refractivity contribution in [3.05, 3.63) is 30.8 Å². The molecule has 22 heavy (non-hydrogen) atoms. The van der Waals surface area contributed by atoms with Crippen molar-refractivity contribution in [3.63, 3.8) is 0 Å². The summed E-state index contributed by atoms with van der Waals surface area (Å²) in [7, 11) is 1.57. The lowest BCUT2D eigenvalue weighted by Crippen LogP contribution is -2.16. The van der Waals surface area contributed by atoms with E-state index in [0.29, 0.717) is 23.6 Å². The van der Waals surface area contributed by atoms with E-state index >= 15 is 0 Å². The van der Waals surface area contributed by atoms with Crippen LogP contribution in [0.15, 0.2) is 35.2 Å². The van der Waals surface area contributed by atoms with Gasteiger partial charge in [0, 0.05) is 24.2 Å². The van der Waals surface area contributed by atoms with Gasteiger partial charge in [0.1, 0.15) is 5.75 Å². The predicted octanol–water partition coefficient (Wildman–Crippen LogP) is 2.81. The second-order valence-electron chi connectivity index (χ2n) is 5.20. The molecule has 2 rings (SSSR count). The van der Waals surface area contributed by atoms with Gasteiger partial charge in [-0.05, 0) is 31.9 Å². The van der Waals surface area contributed by atoms with Crippen LogP contribution in [0.5, 0.6) is 5.75 Å². The molecule has 0 saturated carbocycles. The minimum absolute atomic E-state index is 0.0323.